The van der Waals surface area contributed by atoms with Gasteiger partial charge in [0.2, 0.25) is 0 Å². The highest BCUT2D eigenvalue weighted by Gasteiger charge is 2.11. The zero-order valence-corrected chi connectivity index (χ0v) is 12.5. The number of nitrogens with zero attached hydrogens (tertiary/aromatic N) is 1. The fourth-order valence-corrected chi connectivity index (χ4v) is 1.96. The minimum absolute atomic E-state index is 0.387. The molecule has 1 unspecified atom stereocenters. The van der Waals surface area contributed by atoms with Crippen LogP contribution >= 0.6 is 15.9 Å². The SMILES string of the molecule is COCC(C)N(C)Cc1cc(OC)ccc1Br. The molecule has 0 fully saturated rings. The monoisotopic (exact) mass is 301 g/mol. The molecule has 0 spiro atoms. The van der Waals surface area contributed by atoms with Crippen molar-refractivity contribution in [1.82, 2.24) is 4.90 Å². The van der Waals surface area contributed by atoms with E-state index in [2.05, 4.69) is 40.9 Å². The molecule has 0 N–H and O–H groups in total. The molecule has 0 heterocycles. The second-order valence-electron chi connectivity index (χ2n) is 4.18. The predicted octanol–water partition coefficient (Wildman–Crippen LogP) is 2.92. The van der Waals surface area contributed by atoms with Crippen LogP contribution in [0.2, 0.25) is 0 Å². The highest BCUT2D eigenvalue weighted by Crippen LogP contribution is 2.23. The van der Waals surface area contributed by atoms with Gasteiger partial charge in [-0.15, -0.1) is 0 Å². The first-order chi connectivity index (χ1) is 8.08. The lowest BCUT2D eigenvalue weighted by Gasteiger charge is -2.24. The Hall–Kier alpha value is -0.580. The summed E-state index contributed by atoms with van der Waals surface area (Å²) in [6.07, 6.45) is 0. The Morgan fingerprint density at radius 1 is 1.35 bits per heavy atom. The first-order valence-corrected chi connectivity index (χ1v) is 6.39. The molecule has 4 heteroatoms. The van der Waals surface area contributed by atoms with Gasteiger partial charge in [-0.05, 0) is 37.7 Å². The third-order valence-corrected chi connectivity index (χ3v) is 3.61. The average Bonchev–Trinajstić information content (AvgIpc) is 2.32. The molecule has 0 saturated carbocycles. The van der Waals surface area contributed by atoms with E-state index in [9.17, 15) is 0 Å². The molecule has 0 aliphatic carbocycles. The Bertz CT molecular complexity index is 357. The number of hydrogen-bond donors (Lipinski definition) is 0. The van der Waals surface area contributed by atoms with Crippen LogP contribution < -0.4 is 4.74 Å². The predicted molar refractivity (Wildman–Crippen MR) is 73.5 cm³/mol. The first kappa shape index (κ1) is 14.5. The van der Waals surface area contributed by atoms with Crippen LogP contribution in [0, 0.1) is 0 Å². The second-order valence-corrected chi connectivity index (χ2v) is 5.03. The van der Waals surface area contributed by atoms with Gasteiger partial charge in [0.05, 0.1) is 13.7 Å². The molecule has 17 heavy (non-hydrogen) atoms. The molecule has 0 saturated heterocycles. The van der Waals surface area contributed by atoms with Crippen molar-refractivity contribution in [2.24, 2.45) is 0 Å². The Morgan fingerprint density at radius 3 is 2.65 bits per heavy atom. The smallest absolute Gasteiger partial charge is 0.119 e. The van der Waals surface area contributed by atoms with Crippen LogP contribution in [-0.2, 0) is 11.3 Å². The van der Waals surface area contributed by atoms with Crippen molar-refractivity contribution in [3.8, 4) is 5.75 Å². The molecule has 3 nitrogen and oxygen atoms in total. The maximum Gasteiger partial charge on any atom is 0.119 e. The number of methoxy groups -OCH3 is 2. The molecule has 1 aromatic rings. The molecule has 0 bridgehead atoms. The van der Waals surface area contributed by atoms with E-state index in [1.807, 2.05) is 12.1 Å². The van der Waals surface area contributed by atoms with Crippen LogP contribution in [-0.4, -0.2) is 38.8 Å². The maximum absolute atomic E-state index is 5.24. The van der Waals surface area contributed by atoms with Crippen molar-refractivity contribution in [1.29, 1.82) is 0 Å². The van der Waals surface area contributed by atoms with Crippen LogP contribution in [0.15, 0.2) is 22.7 Å². The van der Waals surface area contributed by atoms with Gasteiger partial charge in [0.1, 0.15) is 5.75 Å². The minimum atomic E-state index is 0.387. The molecule has 1 atom stereocenters. The Morgan fingerprint density at radius 2 is 2.06 bits per heavy atom. The van der Waals surface area contributed by atoms with E-state index >= 15 is 0 Å². The zero-order chi connectivity index (χ0) is 12.8. The zero-order valence-electron chi connectivity index (χ0n) is 10.9. The number of ether oxygens (including phenoxy) is 2. The van der Waals surface area contributed by atoms with Gasteiger partial charge < -0.3 is 9.47 Å². The summed E-state index contributed by atoms with van der Waals surface area (Å²) >= 11 is 3.56. The number of hydrogen-bond acceptors (Lipinski definition) is 3. The van der Waals surface area contributed by atoms with E-state index in [1.165, 1.54) is 5.56 Å². The summed E-state index contributed by atoms with van der Waals surface area (Å²) < 4.78 is 11.5. The van der Waals surface area contributed by atoms with Crippen molar-refractivity contribution in [3.63, 3.8) is 0 Å². The van der Waals surface area contributed by atoms with Crippen molar-refractivity contribution in [2.75, 3.05) is 27.9 Å². The molecule has 1 aromatic carbocycles. The van der Waals surface area contributed by atoms with Crippen LogP contribution in [0.4, 0.5) is 0 Å². The first-order valence-electron chi connectivity index (χ1n) is 5.60. The maximum atomic E-state index is 5.24. The van der Waals surface area contributed by atoms with Crippen LogP contribution in [0.3, 0.4) is 0 Å². The molecule has 0 radical (unpaired) electrons. The number of rotatable bonds is 6. The summed E-state index contributed by atoms with van der Waals surface area (Å²) in [4.78, 5) is 2.25. The fourth-order valence-electron chi connectivity index (χ4n) is 1.59. The normalized spacial score (nSPS) is 12.8. The minimum Gasteiger partial charge on any atom is -0.497 e. The van der Waals surface area contributed by atoms with Gasteiger partial charge in [-0.1, -0.05) is 15.9 Å². The van der Waals surface area contributed by atoms with E-state index < -0.39 is 0 Å². The van der Waals surface area contributed by atoms with Crippen LogP contribution in [0.25, 0.3) is 0 Å². The summed E-state index contributed by atoms with van der Waals surface area (Å²) in [6, 6.07) is 6.41. The van der Waals surface area contributed by atoms with Crippen molar-refractivity contribution in [2.45, 2.75) is 19.5 Å². The summed E-state index contributed by atoms with van der Waals surface area (Å²) in [6.45, 7) is 3.75. The van der Waals surface area contributed by atoms with E-state index in [1.54, 1.807) is 14.2 Å². The summed E-state index contributed by atoms with van der Waals surface area (Å²) in [5.74, 6) is 0.885. The van der Waals surface area contributed by atoms with Gasteiger partial charge in [0, 0.05) is 24.2 Å². The lowest BCUT2D eigenvalue weighted by atomic mass is 10.2. The van der Waals surface area contributed by atoms with Crippen molar-refractivity contribution in [3.05, 3.63) is 28.2 Å². The standard InChI is InChI=1S/C13H20BrNO2/c1-10(9-16-3)15(2)8-11-7-12(17-4)5-6-13(11)14/h5-7,10H,8-9H2,1-4H3. The molecular formula is C13H20BrNO2. The lowest BCUT2D eigenvalue weighted by molar-refractivity contribution is 0.112. The van der Waals surface area contributed by atoms with Gasteiger partial charge in [-0.3, -0.25) is 4.90 Å². The van der Waals surface area contributed by atoms with E-state index in [4.69, 9.17) is 9.47 Å². The van der Waals surface area contributed by atoms with E-state index in [-0.39, 0.29) is 0 Å². The second kappa shape index (κ2) is 6.99. The summed E-state index contributed by atoms with van der Waals surface area (Å²) in [5.41, 5.74) is 1.22. The Balaban J connectivity index is 2.73. The number of benzene rings is 1. The summed E-state index contributed by atoms with van der Waals surface area (Å²) in [7, 11) is 5.51. The topological polar surface area (TPSA) is 21.7 Å². The summed E-state index contributed by atoms with van der Waals surface area (Å²) in [5, 5.41) is 0. The van der Waals surface area contributed by atoms with Crippen molar-refractivity contribution >= 4 is 15.9 Å². The van der Waals surface area contributed by atoms with Gasteiger partial charge in [-0.2, -0.15) is 0 Å². The molecular weight excluding hydrogens is 282 g/mol. The molecule has 96 valence electrons. The lowest BCUT2D eigenvalue weighted by Crippen LogP contribution is -2.32. The Kier molecular flexibility index (Phi) is 5.95. The third kappa shape index (κ3) is 4.30. The fraction of sp³-hybridized carbons (Fsp3) is 0.538. The van der Waals surface area contributed by atoms with E-state index in [0.29, 0.717) is 6.04 Å². The van der Waals surface area contributed by atoms with Crippen molar-refractivity contribution < 1.29 is 9.47 Å². The van der Waals surface area contributed by atoms with Crippen LogP contribution in [0.1, 0.15) is 12.5 Å². The molecule has 0 amide bonds. The number of halogens is 1. The molecule has 1 rings (SSSR count). The largest absolute Gasteiger partial charge is 0.497 e. The quantitative estimate of drug-likeness (QED) is 0.806. The highest BCUT2D eigenvalue weighted by atomic mass is 79.9. The highest BCUT2D eigenvalue weighted by molar-refractivity contribution is 9.10. The molecule has 0 aromatic heterocycles. The molecule has 0 aliphatic rings. The number of likely N-dealkylation sites (N-methyl/N-ethyl adjacent to an activating group) is 1. The Labute approximate surface area is 112 Å². The van der Waals surface area contributed by atoms with Gasteiger partial charge >= 0.3 is 0 Å². The molecule has 0 aliphatic heterocycles. The average molecular weight is 302 g/mol. The van der Waals surface area contributed by atoms with Gasteiger partial charge in [0.25, 0.3) is 0 Å². The van der Waals surface area contributed by atoms with Gasteiger partial charge in [0.15, 0.2) is 0 Å². The third-order valence-electron chi connectivity index (χ3n) is 2.83. The van der Waals surface area contributed by atoms with E-state index in [0.717, 1.165) is 23.4 Å². The van der Waals surface area contributed by atoms with Crippen LogP contribution in [0.5, 0.6) is 5.75 Å². The van der Waals surface area contributed by atoms with Gasteiger partial charge in [-0.25, -0.2) is 0 Å².